The first kappa shape index (κ1) is 35.4. The van der Waals surface area contributed by atoms with Crippen LogP contribution < -0.4 is 0 Å². The molecule has 1 amide bonds. The Kier molecular flexibility index (Phi) is 11.7. The standard InChI is InChI=1S/C33H29Cl3N2O6S3/c1-19(2)27(31(40)44-28(21-11-6-4-7-12-21)22-13-8-5-9-14-22)38-17-25(30(38)39)47-46-24-16-10-15-23-26(24)37-29(45-23)20(3)43-32(41)42-18-33(34,35)36/h4-16,20,25,27-28H,1,17-18H2,2-3H3/t20-,25+,27?/m1/s1. The van der Waals surface area contributed by atoms with Gasteiger partial charge in [0, 0.05) is 11.4 Å². The summed E-state index contributed by atoms with van der Waals surface area (Å²) in [5.41, 5.74) is 2.89. The molecule has 4 aromatic rings. The number of para-hydroxylation sites is 1. The number of fused-ring (bicyclic) bond motifs is 1. The van der Waals surface area contributed by atoms with Crippen molar-refractivity contribution in [1.29, 1.82) is 0 Å². The van der Waals surface area contributed by atoms with Crippen LogP contribution in [0, 0.1) is 0 Å². The summed E-state index contributed by atoms with van der Waals surface area (Å²) >= 11 is 18.2. The number of aromatic nitrogens is 1. The molecular weight excluding hydrogens is 723 g/mol. The van der Waals surface area contributed by atoms with E-state index in [2.05, 4.69) is 11.6 Å². The molecule has 0 bridgehead atoms. The lowest BCUT2D eigenvalue weighted by molar-refractivity contribution is -0.160. The summed E-state index contributed by atoms with van der Waals surface area (Å²) in [6.07, 6.45) is -2.31. The zero-order valence-corrected chi connectivity index (χ0v) is 29.9. The number of halogens is 3. The Morgan fingerprint density at radius 2 is 1.66 bits per heavy atom. The maximum absolute atomic E-state index is 13.6. The van der Waals surface area contributed by atoms with Gasteiger partial charge in [-0.15, -0.1) is 11.3 Å². The normalized spacial score (nSPS) is 16.0. The summed E-state index contributed by atoms with van der Waals surface area (Å²) in [6.45, 7) is 7.30. The molecule has 3 atom stereocenters. The van der Waals surface area contributed by atoms with Gasteiger partial charge in [-0.2, -0.15) is 0 Å². The molecule has 1 unspecified atom stereocenters. The molecule has 1 fully saturated rings. The van der Waals surface area contributed by atoms with Crippen molar-refractivity contribution in [2.24, 2.45) is 0 Å². The maximum atomic E-state index is 13.6. The van der Waals surface area contributed by atoms with Crippen LogP contribution in [0.1, 0.15) is 42.2 Å². The number of hydrogen-bond acceptors (Lipinski definition) is 10. The maximum Gasteiger partial charge on any atom is 0.509 e. The van der Waals surface area contributed by atoms with Crippen molar-refractivity contribution in [1.82, 2.24) is 9.88 Å². The Hall–Kier alpha value is -2.93. The van der Waals surface area contributed by atoms with Crippen LogP contribution in [0.15, 0.2) is 95.9 Å². The minimum atomic E-state index is -1.75. The average Bonchev–Trinajstić information content (AvgIpc) is 3.49. The van der Waals surface area contributed by atoms with Gasteiger partial charge in [0.15, 0.2) is 18.2 Å². The van der Waals surface area contributed by atoms with Crippen molar-refractivity contribution in [3.05, 3.63) is 107 Å². The van der Waals surface area contributed by atoms with E-state index in [1.165, 1.54) is 37.8 Å². The summed E-state index contributed by atoms with van der Waals surface area (Å²) in [5, 5.41) is 0.180. The van der Waals surface area contributed by atoms with Crippen molar-refractivity contribution >= 4 is 96.0 Å². The summed E-state index contributed by atoms with van der Waals surface area (Å²) in [5.74, 6) is -0.711. The number of nitrogens with zero attached hydrogens (tertiary/aromatic N) is 2. The number of esters is 1. The summed E-state index contributed by atoms with van der Waals surface area (Å²) in [4.78, 5) is 46.1. The Bertz CT molecular complexity index is 1710. The SMILES string of the molecule is C=C(C)C(C(=O)OC(c1ccccc1)c1ccccc1)N1C[C@H](SSc2cccc3sc([C@@H](C)OC(=O)OCC(Cl)(Cl)Cl)nc23)C1=O. The molecule has 47 heavy (non-hydrogen) atoms. The average molecular weight is 752 g/mol. The molecule has 5 rings (SSSR count). The second-order valence-corrected chi connectivity index (χ2v) is 16.6. The van der Waals surface area contributed by atoms with Crippen LogP contribution >= 0.6 is 67.7 Å². The predicted molar refractivity (Wildman–Crippen MR) is 189 cm³/mol. The molecule has 1 aromatic heterocycles. The minimum Gasteiger partial charge on any atom is -0.451 e. The van der Waals surface area contributed by atoms with Gasteiger partial charge in [0.1, 0.15) is 16.9 Å². The number of β-lactam (4-membered cyclic amide) rings is 1. The van der Waals surface area contributed by atoms with Crippen molar-refractivity contribution in [3.8, 4) is 0 Å². The van der Waals surface area contributed by atoms with Crippen molar-refractivity contribution in [2.45, 2.75) is 46.0 Å². The van der Waals surface area contributed by atoms with E-state index in [-0.39, 0.29) is 11.2 Å². The third kappa shape index (κ3) is 8.95. The molecule has 1 aliphatic heterocycles. The number of thiazole rings is 1. The third-order valence-corrected chi connectivity index (χ3v) is 11.2. The highest BCUT2D eigenvalue weighted by molar-refractivity contribution is 8.77. The zero-order chi connectivity index (χ0) is 33.7. The monoisotopic (exact) mass is 750 g/mol. The third-order valence-electron chi connectivity index (χ3n) is 6.99. The van der Waals surface area contributed by atoms with Gasteiger partial charge >= 0.3 is 12.1 Å². The Morgan fingerprint density at radius 3 is 2.23 bits per heavy atom. The second kappa shape index (κ2) is 15.5. The number of hydrogen-bond donors (Lipinski definition) is 0. The number of carbonyl (C=O) groups is 3. The van der Waals surface area contributed by atoms with Gasteiger partial charge in [-0.3, -0.25) is 4.79 Å². The van der Waals surface area contributed by atoms with E-state index >= 15 is 0 Å². The largest absolute Gasteiger partial charge is 0.509 e. The first-order valence-corrected chi connectivity index (χ1v) is 18.5. The van der Waals surface area contributed by atoms with Crippen LogP contribution in [0.2, 0.25) is 0 Å². The number of rotatable bonds is 12. The van der Waals surface area contributed by atoms with Crippen LogP contribution in [0.5, 0.6) is 0 Å². The Balaban J connectivity index is 1.21. The fourth-order valence-corrected chi connectivity index (χ4v) is 8.47. The van der Waals surface area contributed by atoms with E-state index < -0.39 is 40.8 Å². The molecular formula is C33H29Cl3N2O6S3. The van der Waals surface area contributed by atoms with Crippen LogP contribution in [-0.2, 0) is 23.8 Å². The molecule has 0 saturated carbocycles. The second-order valence-electron chi connectivity index (χ2n) is 10.6. The van der Waals surface area contributed by atoms with Gasteiger partial charge in [0.05, 0.1) is 10.2 Å². The number of benzene rings is 3. The fraction of sp³-hybridized carbons (Fsp3) is 0.273. The fourth-order valence-electron chi connectivity index (χ4n) is 4.74. The molecule has 2 heterocycles. The first-order valence-electron chi connectivity index (χ1n) is 14.3. The lowest BCUT2D eigenvalue weighted by Crippen LogP contribution is -2.61. The topological polar surface area (TPSA) is 95.0 Å². The van der Waals surface area contributed by atoms with E-state index in [4.69, 9.17) is 49.0 Å². The van der Waals surface area contributed by atoms with Crippen LogP contribution in [-0.4, -0.2) is 56.2 Å². The molecule has 1 saturated heterocycles. The van der Waals surface area contributed by atoms with Crippen molar-refractivity contribution in [3.63, 3.8) is 0 Å². The molecule has 14 heteroatoms. The van der Waals surface area contributed by atoms with E-state index in [1.54, 1.807) is 13.8 Å². The van der Waals surface area contributed by atoms with Gasteiger partial charge < -0.3 is 19.1 Å². The highest BCUT2D eigenvalue weighted by Gasteiger charge is 2.45. The van der Waals surface area contributed by atoms with E-state index in [9.17, 15) is 14.4 Å². The first-order chi connectivity index (χ1) is 22.4. The number of ether oxygens (including phenoxy) is 3. The van der Waals surface area contributed by atoms with Crippen LogP contribution in [0.3, 0.4) is 0 Å². The highest BCUT2D eigenvalue weighted by atomic mass is 35.6. The van der Waals surface area contributed by atoms with Crippen LogP contribution in [0.25, 0.3) is 10.2 Å². The quantitative estimate of drug-likeness (QED) is 0.0462. The van der Waals surface area contributed by atoms with E-state index in [0.717, 1.165) is 26.2 Å². The van der Waals surface area contributed by atoms with Crippen LogP contribution in [0.4, 0.5) is 4.79 Å². The summed E-state index contributed by atoms with van der Waals surface area (Å²) in [7, 11) is 2.82. The smallest absolute Gasteiger partial charge is 0.451 e. The molecule has 1 aliphatic rings. The van der Waals surface area contributed by atoms with Gasteiger partial charge in [-0.25, -0.2) is 14.6 Å². The van der Waals surface area contributed by atoms with Gasteiger partial charge in [0.25, 0.3) is 0 Å². The van der Waals surface area contributed by atoms with Gasteiger partial charge in [0.2, 0.25) is 9.70 Å². The minimum absolute atomic E-state index is 0.176. The zero-order valence-electron chi connectivity index (χ0n) is 25.1. The van der Waals surface area contributed by atoms with Crippen molar-refractivity contribution < 1.29 is 28.6 Å². The summed E-state index contributed by atoms with van der Waals surface area (Å²) in [6, 6.07) is 23.8. The van der Waals surface area contributed by atoms with Crippen molar-refractivity contribution in [2.75, 3.05) is 13.2 Å². The van der Waals surface area contributed by atoms with E-state index in [0.29, 0.717) is 17.1 Å². The Labute approximate surface area is 299 Å². The molecule has 3 aromatic carbocycles. The Morgan fingerprint density at radius 1 is 1.02 bits per heavy atom. The molecule has 0 spiro atoms. The molecule has 8 nitrogen and oxygen atoms in total. The highest BCUT2D eigenvalue weighted by Crippen LogP contribution is 2.44. The summed E-state index contributed by atoms with van der Waals surface area (Å²) < 4.78 is 15.3. The molecule has 0 radical (unpaired) electrons. The number of alkyl halides is 3. The van der Waals surface area contributed by atoms with E-state index in [1.807, 2.05) is 78.9 Å². The molecule has 246 valence electrons. The van der Waals surface area contributed by atoms with Gasteiger partial charge in [-0.05, 0) is 42.7 Å². The lowest BCUT2D eigenvalue weighted by Gasteiger charge is -2.42. The molecule has 0 aliphatic carbocycles. The predicted octanol–water partition coefficient (Wildman–Crippen LogP) is 9.11. The lowest BCUT2D eigenvalue weighted by atomic mass is 10.00. The number of likely N-dealkylation sites (tertiary alicyclic amines) is 1. The van der Waals surface area contributed by atoms with Gasteiger partial charge in [-0.1, -0.05) is 130 Å². The molecule has 0 N–H and O–H groups in total. The number of amides is 1. The number of carbonyl (C=O) groups excluding carboxylic acids is 3.